The van der Waals surface area contributed by atoms with Gasteiger partial charge in [0.2, 0.25) is 17.8 Å². The minimum Gasteiger partial charge on any atom is -0.489 e. The number of nitrogens with one attached hydrogen (secondary N) is 4. The van der Waals surface area contributed by atoms with Crippen LogP contribution >= 0.6 is 11.6 Å². The van der Waals surface area contributed by atoms with Crippen molar-refractivity contribution in [3.05, 3.63) is 77.1 Å². The first-order valence-corrected chi connectivity index (χ1v) is 24.1. The Morgan fingerprint density at radius 1 is 0.857 bits per heavy atom. The zero-order chi connectivity index (χ0) is 44.4. The fourth-order valence-electron chi connectivity index (χ4n) is 9.20. The summed E-state index contributed by atoms with van der Waals surface area (Å²) >= 11 is 6.51. The zero-order valence-corrected chi connectivity index (χ0v) is 38.3. The van der Waals surface area contributed by atoms with Crippen molar-refractivity contribution in [2.45, 2.75) is 113 Å². The summed E-state index contributed by atoms with van der Waals surface area (Å²) in [5, 5.41) is 11.6. The summed E-state index contributed by atoms with van der Waals surface area (Å²) < 4.78 is 32.5. The second-order valence-electron chi connectivity index (χ2n) is 17.8. The van der Waals surface area contributed by atoms with Crippen molar-refractivity contribution in [1.82, 2.24) is 30.1 Å². The highest BCUT2D eigenvalue weighted by molar-refractivity contribution is 7.92. The Balaban J connectivity index is 0.836. The van der Waals surface area contributed by atoms with Gasteiger partial charge in [-0.2, -0.15) is 4.98 Å². The number of hydrogen-bond donors (Lipinski definition) is 4. The van der Waals surface area contributed by atoms with Gasteiger partial charge in [-0.15, -0.1) is 0 Å². The third-order valence-electron chi connectivity index (χ3n) is 12.8. The third kappa shape index (κ3) is 10.2. The number of aromatic nitrogens is 3. The molecule has 4 fully saturated rings. The number of halogens is 1. The van der Waals surface area contributed by atoms with Gasteiger partial charge in [0.1, 0.15) is 27.5 Å². The molecule has 0 aliphatic carbocycles. The summed E-state index contributed by atoms with van der Waals surface area (Å²) in [6.07, 6.45) is 8.36. The molecule has 1 atom stereocenters. The average Bonchev–Trinajstić information content (AvgIpc) is 3.24. The number of amides is 2. The van der Waals surface area contributed by atoms with Gasteiger partial charge in [-0.05, 0) is 145 Å². The average molecular weight is 900 g/mol. The topological polar surface area (TPSA) is 174 Å². The number of ether oxygens (including phenoxy) is 1. The number of piperidine rings is 3. The molecule has 4 aliphatic rings. The molecule has 15 nitrogen and oxygen atoms in total. The van der Waals surface area contributed by atoms with Gasteiger partial charge in [0.15, 0.2) is 15.7 Å². The number of rotatable bonds is 14. The molecule has 17 heteroatoms. The molecule has 6 heterocycles. The van der Waals surface area contributed by atoms with Crippen molar-refractivity contribution in [2.24, 2.45) is 0 Å². The third-order valence-corrected chi connectivity index (χ3v) is 15.3. The number of benzene rings is 2. The van der Waals surface area contributed by atoms with Crippen LogP contribution in [0.2, 0.25) is 5.02 Å². The van der Waals surface area contributed by atoms with E-state index < -0.39 is 15.1 Å². The Bertz CT molecular complexity index is 2400. The molecule has 2 aromatic heterocycles. The number of nitrogens with zero attached hydrogens (tertiary/aromatic N) is 6. The van der Waals surface area contributed by atoms with Gasteiger partial charge in [-0.3, -0.25) is 19.8 Å². The van der Waals surface area contributed by atoms with Crippen molar-refractivity contribution >= 4 is 67.9 Å². The molecule has 8 rings (SSSR count). The highest BCUT2D eigenvalue weighted by Gasteiger charge is 2.36. The van der Waals surface area contributed by atoms with Crippen molar-refractivity contribution < 1.29 is 22.7 Å². The first-order chi connectivity index (χ1) is 30.2. The largest absolute Gasteiger partial charge is 0.489 e. The molecule has 0 spiro atoms. The maximum atomic E-state index is 13.1. The molecule has 336 valence electrons. The van der Waals surface area contributed by atoms with E-state index in [2.05, 4.69) is 82.1 Å². The number of likely N-dealkylation sites (tertiary alicyclic amines) is 2. The second-order valence-corrected chi connectivity index (χ2v) is 20.7. The van der Waals surface area contributed by atoms with Crippen molar-refractivity contribution in [3.63, 3.8) is 0 Å². The lowest BCUT2D eigenvalue weighted by molar-refractivity contribution is -0.133. The van der Waals surface area contributed by atoms with Crippen LogP contribution in [0.25, 0.3) is 0 Å². The quantitative estimate of drug-likeness (QED) is 0.0950. The van der Waals surface area contributed by atoms with E-state index in [1.54, 1.807) is 19.9 Å². The van der Waals surface area contributed by atoms with Crippen LogP contribution in [0, 0.1) is 6.92 Å². The van der Waals surface area contributed by atoms with Gasteiger partial charge in [-0.1, -0.05) is 11.6 Å². The van der Waals surface area contributed by atoms with Gasteiger partial charge >= 0.3 is 0 Å². The predicted octanol–water partition coefficient (Wildman–Crippen LogP) is 7.04. The maximum Gasteiger partial charge on any atom is 0.249 e. The van der Waals surface area contributed by atoms with Gasteiger partial charge in [0, 0.05) is 62.3 Å². The molecule has 2 aromatic carbocycles. The highest BCUT2D eigenvalue weighted by Crippen LogP contribution is 2.39. The van der Waals surface area contributed by atoms with Crippen molar-refractivity contribution in [3.8, 4) is 5.75 Å². The van der Waals surface area contributed by atoms with Crippen LogP contribution in [0.4, 0.5) is 34.6 Å². The molecule has 4 N–H and O–H groups in total. The van der Waals surface area contributed by atoms with Gasteiger partial charge in [0.25, 0.3) is 0 Å². The second kappa shape index (κ2) is 19.0. The number of hydrogen-bond acceptors (Lipinski definition) is 14. The molecular weight excluding hydrogens is 840 g/mol. The molecule has 4 aliphatic heterocycles. The molecule has 1 unspecified atom stereocenters. The van der Waals surface area contributed by atoms with Crippen molar-refractivity contribution in [1.29, 1.82) is 0 Å². The Labute approximate surface area is 375 Å². The zero-order valence-electron chi connectivity index (χ0n) is 36.7. The normalized spacial score (nSPS) is 19.9. The fourth-order valence-corrected chi connectivity index (χ4v) is 10.5. The van der Waals surface area contributed by atoms with E-state index in [0.717, 1.165) is 69.2 Å². The van der Waals surface area contributed by atoms with Crippen LogP contribution in [0.5, 0.6) is 5.75 Å². The van der Waals surface area contributed by atoms with E-state index in [0.29, 0.717) is 30.8 Å². The Kier molecular flexibility index (Phi) is 13.4. The smallest absolute Gasteiger partial charge is 0.249 e. The molecule has 2 amide bonds. The first kappa shape index (κ1) is 44.6. The number of carbonyl (C=O) groups excluding carboxylic acids is 2. The van der Waals surface area contributed by atoms with E-state index in [1.807, 2.05) is 26.0 Å². The lowest BCUT2D eigenvalue weighted by Gasteiger charge is -2.50. The molecule has 4 aromatic rings. The molecule has 0 bridgehead atoms. The summed E-state index contributed by atoms with van der Waals surface area (Å²) in [6, 6.07) is 16.5. The lowest BCUT2D eigenvalue weighted by atomic mass is 9.85. The molecule has 0 radical (unpaired) electrons. The maximum absolute atomic E-state index is 13.1. The number of pyridine rings is 1. The number of carbonyl (C=O) groups is 2. The Morgan fingerprint density at radius 3 is 2.24 bits per heavy atom. The predicted molar refractivity (Wildman–Crippen MR) is 247 cm³/mol. The van der Waals surface area contributed by atoms with Crippen LogP contribution in [0.1, 0.15) is 83.3 Å². The first-order valence-electron chi connectivity index (χ1n) is 22.2. The minimum absolute atomic E-state index is 0.0618. The van der Waals surface area contributed by atoms with E-state index in [9.17, 15) is 18.0 Å². The van der Waals surface area contributed by atoms with Crippen LogP contribution in [-0.4, -0.2) is 114 Å². The Hall–Kier alpha value is -5.03. The fraction of sp³-hybridized carbons (Fsp3) is 0.500. The standard InChI is InChI=1S/C46H59ClN10O5S/c1-28(2)62-40-24-36(30(5)23-39(40)51-46-49-25-37(47)43(54-46)53-44-41(7-6-18-48-44)63(60,61)29(3)4)31-14-19-55(20-15-31)34-16-21-56(22-17-34)35-26-57(27-35)33-10-8-32(9-11-33)50-38-12-13-42(58)52-45(38)59/h6-11,18,23-25,28-29,31,34-35,38,50H,12-17,19-22,26-27H2,1-5H3,(H,52,58,59)(H2,48,49,51,53,54). The van der Waals surface area contributed by atoms with E-state index in [4.69, 9.17) is 16.3 Å². The van der Waals surface area contributed by atoms with Crippen LogP contribution in [0.15, 0.2) is 65.8 Å². The highest BCUT2D eigenvalue weighted by atomic mass is 35.5. The Morgan fingerprint density at radius 2 is 1.56 bits per heavy atom. The van der Waals surface area contributed by atoms with Crippen LogP contribution < -0.4 is 30.9 Å². The van der Waals surface area contributed by atoms with Gasteiger partial charge < -0.3 is 30.5 Å². The summed E-state index contributed by atoms with van der Waals surface area (Å²) in [5.74, 6) is 1.32. The minimum atomic E-state index is -3.62. The van der Waals surface area contributed by atoms with Crippen LogP contribution in [-0.2, 0) is 19.4 Å². The van der Waals surface area contributed by atoms with E-state index >= 15 is 0 Å². The summed E-state index contributed by atoms with van der Waals surface area (Å²) in [6.45, 7) is 15.9. The monoisotopic (exact) mass is 898 g/mol. The van der Waals surface area contributed by atoms with E-state index in [1.165, 1.54) is 48.1 Å². The number of sulfone groups is 1. The van der Waals surface area contributed by atoms with Crippen molar-refractivity contribution in [2.75, 3.05) is 60.1 Å². The van der Waals surface area contributed by atoms with E-state index in [-0.39, 0.29) is 51.5 Å². The summed E-state index contributed by atoms with van der Waals surface area (Å²) in [5.41, 5.74) is 5.28. The van der Waals surface area contributed by atoms with Crippen LogP contribution in [0.3, 0.4) is 0 Å². The number of aryl methyl sites for hydroxylation is 1. The molecule has 4 saturated heterocycles. The summed E-state index contributed by atoms with van der Waals surface area (Å²) in [7, 11) is -3.62. The summed E-state index contributed by atoms with van der Waals surface area (Å²) in [4.78, 5) is 44.9. The number of imide groups is 1. The SMILES string of the molecule is Cc1cc(Nc2ncc(Cl)c(Nc3ncccc3S(=O)(=O)C(C)C)n2)c(OC(C)C)cc1C1CCN(C2CCN(C3CN(c4ccc(NC5CCC(=O)NC5=O)cc4)C3)CC2)CC1. The molecule has 0 saturated carbocycles. The molecule has 63 heavy (non-hydrogen) atoms. The molecular formula is C46H59ClN10O5S. The van der Waals surface area contributed by atoms with Gasteiger partial charge in [0.05, 0.1) is 23.2 Å². The lowest BCUT2D eigenvalue weighted by Crippen LogP contribution is -2.62. The number of anilines is 6. The van der Waals surface area contributed by atoms with Gasteiger partial charge in [-0.25, -0.2) is 18.4 Å².